The van der Waals surface area contributed by atoms with Crippen LogP contribution in [0.3, 0.4) is 0 Å². The van der Waals surface area contributed by atoms with E-state index in [1.807, 2.05) is 50.4 Å². The highest BCUT2D eigenvalue weighted by atomic mass is 32.2. The van der Waals surface area contributed by atoms with Crippen molar-refractivity contribution in [3.8, 4) is 11.5 Å². The second kappa shape index (κ2) is 9.26. The summed E-state index contributed by atoms with van der Waals surface area (Å²) in [6.45, 7) is 9.71. The highest BCUT2D eigenvalue weighted by molar-refractivity contribution is 7.98. The van der Waals surface area contributed by atoms with Gasteiger partial charge >= 0.3 is 0 Å². The van der Waals surface area contributed by atoms with E-state index in [9.17, 15) is 4.79 Å². The van der Waals surface area contributed by atoms with Crippen LogP contribution in [0.4, 0.5) is 10.8 Å². The van der Waals surface area contributed by atoms with Crippen molar-refractivity contribution in [1.82, 2.24) is 15.2 Å². The van der Waals surface area contributed by atoms with Crippen LogP contribution in [0.15, 0.2) is 51.4 Å². The number of carbonyl (C=O) groups is 1. The molecule has 0 fully saturated rings. The van der Waals surface area contributed by atoms with Gasteiger partial charge in [-0.2, -0.15) is 0 Å². The van der Waals surface area contributed by atoms with Gasteiger partial charge in [-0.3, -0.25) is 9.69 Å². The third-order valence-electron chi connectivity index (χ3n) is 4.95. The summed E-state index contributed by atoms with van der Waals surface area (Å²) in [6.07, 6.45) is 0. The number of aryl methyl sites for hydroxylation is 4. The second-order valence-corrected chi connectivity index (χ2v) is 9.51. The Bertz CT molecular complexity index is 1240. The number of hydrogen-bond donors (Lipinski definition) is 0. The van der Waals surface area contributed by atoms with Crippen molar-refractivity contribution in [1.29, 1.82) is 0 Å². The molecule has 32 heavy (non-hydrogen) atoms. The highest BCUT2D eigenvalue weighted by Gasteiger charge is 2.22. The predicted octanol–water partition coefficient (Wildman–Crippen LogP) is 6.40. The predicted molar refractivity (Wildman–Crippen MR) is 130 cm³/mol. The summed E-state index contributed by atoms with van der Waals surface area (Å²) >= 11 is 2.89. The minimum atomic E-state index is -0.0618. The number of hydrogen-bond acceptors (Lipinski definition) is 7. The van der Waals surface area contributed by atoms with Crippen molar-refractivity contribution in [2.45, 2.75) is 45.6 Å². The summed E-state index contributed by atoms with van der Waals surface area (Å²) in [5.41, 5.74) is 7.12. The highest BCUT2D eigenvalue weighted by Crippen LogP contribution is 2.35. The van der Waals surface area contributed by atoms with E-state index in [1.165, 1.54) is 34.2 Å². The van der Waals surface area contributed by atoms with E-state index in [1.54, 1.807) is 11.8 Å². The molecule has 2 heterocycles. The average molecular weight is 465 g/mol. The number of anilines is 2. The summed E-state index contributed by atoms with van der Waals surface area (Å²) < 4.78 is 5.79. The van der Waals surface area contributed by atoms with Gasteiger partial charge in [0.1, 0.15) is 0 Å². The van der Waals surface area contributed by atoms with Crippen molar-refractivity contribution < 1.29 is 9.21 Å². The molecule has 0 spiro atoms. The van der Waals surface area contributed by atoms with Gasteiger partial charge in [-0.05, 0) is 51.0 Å². The van der Waals surface area contributed by atoms with Gasteiger partial charge in [0.05, 0.1) is 11.4 Å². The molecule has 0 radical (unpaired) electrons. The molecule has 1 amide bonds. The van der Waals surface area contributed by atoms with Crippen molar-refractivity contribution >= 4 is 39.8 Å². The molecular weight excluding hydrogens is 440 g/mol. The molecule has 2 aromatic carbocycles. The Morgan fingerprint density at radius 1 is 1.03 bits per heavy atom. The van der Waals surface area contributed by atoms with Gasteiger partial charge in [-0.15, -0.1) is 21.5 Å². The number of thiazole rings is 1. The summed E-state index contributed by atoms with van der Waals surface area (Å²) in [7, 11) is 0. The number of rotatable bonds is 6. The fourth-order valence-corrected chi connectivity index (χ4v) is 5.23. The molecule has 164 valence electrons. The van der Waals surface area contributed by atoms with Gasteiger partial charge in [-0.25, -0.2) is 4.98 Å². The van der Waals surface area contributed by atoms with Crippen molar-refractivity contribution in [2.24, 2.45) is 0 Å². The van der Waals surface area contributed by atoms with Crippen LogP contribution in [0.1, 0.15) is 34.9 Å². The van der Waals surface area contributed by atoms with Crippen LogP contribution >= 0.6 is 23.1 Å². The molecule has 2 aromatic heterocycles. The Hall–Kier alpha value is -2.97. The molecule has 0 unspecified atom stereocenters. The first kappa shape index (κ1) is 22.2. The van der Waals surface area contributed by atoms with Gasteiger partial charge < -0.3 is 4.42 Å². The van der Waals surface area contributed by atoms with Crippen molar-refractivity contribution in [3.63, 3.8) is 0 Å². The molecule has 6 nitrogen and oxygen atoms in total. The number of aromatic nitrogens is 3. The van der Waals surface area contributed by atoms with Gasteiger partial charge in [0.15, 0.2) is 5.13 Å². The third-order valence-corrected chi connectivity index (χ3v) is 6.68. The van der Waals surface area contributed by atoms with Crippen LogP contribution < -0.4 is 4.90 Å². The maximum absolute atomic E-state index is 12.5. The smallest absolute Gasteiger partial charge is 0.277 e. The summed E-state index contributed by atoms with van der Waals surface area (Å²) in [5, 5.41) is 11.4. The van der Waals surface area contributed by atoms with Crippen molar-refractivity contribution in [3.05, 3.63) is 69.7 Å². The van der Waals surface area contributed by atoms with Gasteiger partial charge in [0, 0.05) is 23.6 Å². The quantitative estimate of drug-likeness (QED) is 0.307. The molecular formula is C24H24N4O2S2. The van der Waals surface area contributed by atoms with Crippen LogP contribution in [-0.2, 0) is 10.5 Å². The fourth-order valence-electron chi connectivity index (χ4n) is 3.59. The molecule has 0 aliphatic rings. The van der Waals surface area contributed by atoms with Crippen molar-refractivity contribution in [2.75, 3.05) is 4.90 Å². The molecule has 4 aromatic rings. The number of nitrogens with zero attached hydrogens (tertiary/aromatic N) is 4. The molecule has 0 N–H and O–H groups in total. The number of thioether (sulfide) groups is 1. The minimum absolute atomic E-state index is 0.0618. The third kappa shape index (κ3) is 4.76. The summed E-state index contributed by atoms with van der Waals surface area (Å²) in [6, 6.07) is 12.1. The Labute approximate surface area is 195 Å². The molecule has 0 aliphatic heterocycles. The molecule has 4 rings (SSSR count). The van der Waals surface area contributed by atoms with Crippen LogP contribution in [0.2, 0.25) is 0 Å². The molecule has 0 saturated carbocycles. The SMILES string of the molecule is CC(=O)N(c1nc(CSc2nnc(-c3ccc(C)cc3)o2)cs1)c1c(C)cc(C)cc1C. The normalized spacial score (nSPS) is 11.0. The summed E-state index contributed by atoms with van der Waals surface area (Å²) in [4.78, 5) is 19.0. The summed E-state index contributed by atoms with van der Waals surface area (Å²) in [5.74, 6) is 1.01. The lowest BCUT2D eigenvalue weighted by molar-refractivity contribution is -0.115. The lowest BCUT2D eigenvalue weighted by atomic mass is 10.0. The zero-order valence-corrected chi connectivity index (χ0v) is 20.3. The zero-order chi connectivity index (χ0) is 22.8. The topological polar surface area (TPSA) is 72.1 Å². The first-order valence-corrected chi connectivity index (χ1v) is 12.0. The maximum Gasteiger partial charge on any atom is 0.277 e. The molecule has 0 bridgehead atoms. The van der Waals surface area contributed by atoms with Crippen LogP contribution in [0.25, 0.3) is 11.5 Å². The second-order valence-electron chi connectivity index (χ2n) is 7.75. The maximum atomic E-state index is 12.5. The first-order chi connectivity index (χ1) is 15.3. The van der Waals surface area contributed by atoms with Crippen LogP contribution in [-0.4, -0.2) is 21.1 Å². The lowest BCUT2D eigenvalue weighted by Gasteiger charge is -2.23. The fraction of sp³-hybridized carbons (Fsp3) is 0.250. The number of carbonyl (C=O) groups excluding carboxylic acids is 1. The van der Waals surface area contributed by atoms with Gasteiger partial charge in [0.2, 0.25) is 11.8 Å². The Balaban J connectivity index is 1.50. The van der Waals surface area contributed by atoms with Crippen LogP contribution in [0, 0.1) is 27.7 Å². The van der Waals surface area contributed by atoms with E-state index in [2.05, 4.69) is 29.3 Å². The van der Waals surface area contributed by atoms with E-state index in [-0.39, 0.29) is 5.91 Å². The molecule has 0 atom stereocenters. The molecule has 0 aliphatic carbocycles. The monoisotopic (exact) mass is 464 g/mol. The average Bonchev–Trinajstić information content (AvgIpc) is 3.39. The lowest BCUT2D eigenvalue weighted by Crippen LogP contribution is -2.24. The van der Waals surface area contributed by atoms with E-state index < -0.39 is 0 Å². The number of amides is 1. The Kier molecular flexibility index (Phi) is 6.43. The Morgan fingerprint density at radius 3 is 2.38 bits per heavy atom. The Morgan fingerprint density at radius 2 is 1.72 bits per heavy atom. The van der Waals surface area contributed by atoms with E-state index in [0.717, 1.165) is 28.1 Å². The largest absolute Gasteiger partial charge is 0.411 e. The van der Waals surface area contributed by atoms with E-state index in [0.29, 0.717) is 22.0 Å². The minimum Gasteiger partial charge on any atom is -0.411 e. The molecule has 8 heteroatoms. The van der Waals surface area contributed by atoms with Crippen LogP contribution in [0.5, 0.6) is 0 Å². The zero-order valence-electron chi connectivity index (χ0n) is 18.7. The van der Waals surface area contributed by atoms with E-state index in [4.69, 9.17) is 9.40 Å². The van der Waals surface area contributed by atoms with Gasteiger partial charge in [0.25, 0.3) is 5.22 Å². The molecule has 0 saturated heterocycles. The van der Waals surface area contributed by atoms with E-state index >= 15 is 0 Å². The number of benzene rings is 2. The standard InChI is InChI=1S/C24H24N4O2S2/c1-14-6-8-19(9-7-14)22-26-27-24(30-22)32-13-20-12-31-23(25-20)28(18(5)29)21-16(3)10-15(2)11-17(21)4/h6-12H,13H2,1-5H3. The van der Waals surface area contributed by atoms with Gasteiger partial charge in [-0.1, -0.05) is 47.2 Å². The first-order valence-electron chi connectivity index (χ1n) is 10.2.